The van der Waals surface area contributed by atoms with Gasteiger partial charge < -0.3 is 14.7 Å². The molecule has 1 aliphatic rings. The van der Waals surface area contributed by atoms with Crippen molar-refractivity contribution in [2.75, 3.05) is 46.4 Å². The highest BCUT2D eigenvalue weighted by molar-refractivity contribution is 5.78. The molecule has 0 radical (unpaired) electrons. The van der Waals surface area contributed by atoms with Gasteiger partial charge in [0.2, 0.25) is 5.91 Å². The van der Waals surface area contributed by atoms with Gasteiger partial charge in [-0.25, -0.2) is 4.39 Å². The van der Waals surface area contributed by atoms with E-state index in [-0.39, 0.29) is 30.3 Å². The van der Waals surface area contributed by atoms with Gasteiger partial charge in [0.05, 0.1) is 13.1 Å². The Morgan fingerprint density at radius 3 is 2.92 bits per heavy atom. The molecular weight excluding hydrogens is 311 g/mol. The van der Waals surface area contributed by atoms with E-state index < -0.39 is 5.82 Å². The molecule has 0 saturated carbocycles. The Bertz CT molecular complexity index is 555. The van der Waals surface area contributed by atoms with Gasteiger partial charge in [0.25, 0.3) is 0 Å². The van der Waals surface area contributed by atoms with Gasteiger partial charge in [-0.1, -0.05) is 19.1 Å². The number of ether oxygens (including phenoxy) is 1. The first-order valence-corrected chi connectivity index (χ1v) is 8.38. The highest BCUT2D eigenvalue weighted by Gasteiger charge is 2.31. The van der Waals surface area contributed by atoms with Gasteiger partial charge in [-0.2, -0.15) is 0 Å². The van der Waals surface area contributed by atoms with E-state index in [1.54, 1.807) is 30.1 Å². The van der Waals surface area contributed by atoms with E-state index in [2.05, 4.69) is 11.8 Å². The third kappa shape index (κ3) is 5.18. The van der Waals surface area contributed by atoms with Crippen molar-refractivity contribution < 1.29 is 19.0 Å². The number of likely N-dealkylation sites (tertiary alicyclic amines) is 1. The maximum atomic E-state index is 13.5. The topological polar surface area (TPSA) is 53.0 Å². The Balaban J connectivity index is 1.75. The van der Waals surface area contributed by atoms with Gasteiger partial charge in [0.15, 0.2) is 11.6 Å². The van der Waals surface area contributed by atoms with Crippen molar-refractivity contribution >= 4 is 5.91 Å². The minimum absolute atomic E-state index is 0.00863. The first-order chi connectivity index (χ1) is 11.4. The molecule has 134 valence electrons. The third-order valence-corrected chi connectivity index (χ3v) is 4.55. The van der Waals surface area contributed by atoms with Crippen LogP contribution in [0.5, 0.6) is 5.75 Å². The molecule has 1 unspecified atom stereocenters. The summed E-state index contributed by atoms with van der Waals surface area (Å²) in [5, 5.41) is 9.49. The van der Waals surface area contributed by atoms with Crippen LogP contribution in [0.25, 0.3) is 0 Å². The van der Waals surface area contributed by atoms with E-state index in [4.69, 9.17) is 4.74 Å². The van der Waals surface area contributed by atoms with Crippen LogP contribution in [0.3, 0.4) is 0 Å². The van der Waals surface area contributed by atoms with Crippen LogP contribution in [0.2, 0.25) is 0 Å². The van der Waals surface area contributed by atoms with Crippen LogP contribution in [0.15, 0.2) is 24.3 Å². The normalized spacial score (nSPS) is 21.5. The van der Waals surface area contributed by atoms with Crippen molar-refractivity contribution in [1.29, 1.82) is 0 Å². The molecular formula is C18H27FN2O3. The van der Waals surface area contributed by atoms with E-state index >= 15 is 0 Å². The summed E-state index contributed by atoms with van der Waals surface area (Å²) in [6.07, 6.45) is 1.98. The summed E-state index contributed by atoms with van der Waals surface area (Å²) in [6.45, 7) is 4.79. The fourth-order valence-electron chi connectivity index (χ4n) is 2.98. The summed E-state index contributed by atoms with van der Waals surface area (Å²) in [5.74, 6) is -0.189. The predicted octanol–water partition coefficient (Wildman–Crippen LogP) is 1.76. The average molecular weight is 338 g/mol. The SMILES string of the molecule is CN(CCOc1ccccc1F)C(=O)CN1CCCC(C)(CO)C1. The van der Waals surface area contributed by atoms with Crippen molar-refractivity contribution in [2.45, 2.75) is 19.8 Å². The zero-order valence-corrected chi connectivity index (χ0v) is 14.5. The van der Waals surface area contributed by atoms with E-state index in [0.717, 1.165) is 25.9 Å². The van der Waals surface area contributed by atoms with Crippen LogP contribution in [0, 0.1) is 11.2 Å². The number of nitrogens with zero attached hydrogens (tertiary/aromatic N) is 2. The number of aliphatic hydroxyl groups excluding tert-OH is 1. The first kappa shape index (κ1) is 18.7. The number of carbonyl (C=O) groups is 1. The summed E-state index contributed by atoms with van der Waals surface area (Å²) < 4.78 is 18.8. The Hall–Kier alpha value is -1.66. The van der Waals surface area contributed by atoms with Gasteiger partial charge in [0, 0.05) is 25.6 Å². The number of para-hydroxylation sites is 1. The maximum absolute atomic E-state index is 13.5. The van der Waals surface area contributed by atoms with Crippen LogP contribution < -0.4 is 4.74 Å². The molecule has 6 heteroatoms. The van der Waals surface area contributed by atoms with Gasteiger partial charge in [0.1, 0.15) is 6.61 Å². The fourth-order valence-corrected chi connectivity index (χ4v) is 2.98. The number of hydrogen-bond acceptors (Lipinski definition) is 4. The molecule has 24 heavy (non-hydrogen) atoms. The standard InChI is InChI=1S/C18H27FN2O3/c1-18(14-22)8-5-9-21(13-18)12-17(23)20(2)10-11-24-16-7-4-3-6-15(16)19/h3-4,6-7,22H,5,8-14H2,1-2H3. The van der Waals surface area contributed by atoms with Crippen LogP contribution in [0.1, 0.15) is 19.8 Å². The molecule has 2 rings (SSSR count). The van der Waals surface area contributed by atoms with Crippen LogP contribution in [-0.2, 0) is 4.79 Å². The van der Waals surface area contributed by atoms with Crippen LogP contribution in [0.4, 0.5) is 4.39 Å². The Kier molecular flexibility index (Phi) is 6.57. The molecule has 1 saturated heterocycles. The molecule has 1 aromatic rings. The number of hydrogen-bond donors (Lipinski definition) is 1. The summed E-state index contributed by atoms with van der Waals surface area (Å²) in [4.78, 5) is 16.0. The second-order valence-corrected chi connectivity index (χ2v) is 6.88. The summed E-state index contributed by atoms with van der Waals surface area (Å²) >= 11 is 0. The first-order valence-electron chi connectivity index (χ1n) is 8.38. The number of piperidine rings is 1. The van der Waals surface area contributed by atoms with E-state index in [9.17, 15) is 14.3 Å². The summed E-state index contributed by atoms with van der Waals surface area (Å²) in [6, 6.07) is 6.23. The van der Waals surface area contributed by atoms with Crippen LogP contribution >= 0.6 is 0 Å². The predicted molar refractivity (Wildman–Crippen MR) is 90.4 cm³/mol. The van der Waals surface area contributed by atoms with Crippen molar-refractivity contribution in [2.24, 2.45) is 5.41 Å². The number of carbonyl (C=O) groups excluding carboxylic acids is 1. The third-order valence-electron chi connectivity index (χ3n) is 4.55. The molecule has 0 aliphatic carbocycles. The molecule has 1 amide bonds. The second kappa shape index (κ2) is 8.44. The lowest BCUT2D eigenvalue weighted by atomic mass is 9.83. The zero-order chi connectivity index (χ0) is 17.6. The average Bonchev–Trinajstić information content (AvgIpc) is 2.56. The molecule has 1 atom stereocenters. The van der Waals surface area contributed by atoms with Crippen molar-refractivity contribution in [1.82, 2.24) is 9.80 Å². The molecule has 1 aliphatic heterocycles. The number of aliphatic hydroxyl groups is 1. The van der Waals surface area contributed by atoms with Crippen molar-refractivity contribution in [3.05, 3.63) is 30.1 Å². The second-order valence-electron chi connectivity index (χ2n) is 6.88. The molecule has 1 fully saturated rings. The minimum atomic E-state index is -0.400. The number of likely N-dealkylation sites (N-methyl/N-ethyl adjacent to an activating group) is 1. The number of rotatable bonds is 7. The molecule has 0 aromatic heterocycles. The summed E-state index contributed by atoms with van der Waals surface area (Å²) in [7, 11) is 1.72. The Labute approximate surface area is 143 Å². The Morgan fingerprint density at radius 1 is 1.46 bits per heavy atom. The number of amides is 1. The maximum Gasteiger partial charge on any atom is 0.236 e. The quantitative estimate of drug-likeness (QED) is 0.823. The largest absolute Gasteiger partial charge is 0.489 e. The molecule has 0 spiro atoms. The molecule has 0 bridgehead atoms. The lowest BCUT2D eigenvalue weighted by molar-refractivity contribution is -0.132. The van der Waals surface area contributed by atoms with Crippen molar-refractivity contribution in [3.63, 3.8) is 0 Å². The lowest BCUT2D eigenvalue weighted by Crippen LogP contribution is -2.48. The molecule has 1 aromatic carbocycles. The van der Waals surface area contributed by atoms with Gasteiger partial charge in [-0.05, 0) is 31.5 Å². The zero-order valence-electron chi connectivity index (χ0n) is 14.5. The lowest BCUT2D eigenvalue weighted by Gasteiger charge is -2.39. The molecule has 5 nitrogen and oxygen atoms in total. The molecule has 1 heterocycles. The van der Waals surface area contributed by atoms with Crippen LogP contribution in [-0.4, -0.2) is 67.3 Å². The highest BCUT2D eigenvalue weighted by atomic mass is 19.1. The summed E-state index contributed by atoms with van der Waals surface area (Å²) in [5.41, 5.74) is -0.120. The number of halogens is 1. The smallest absolute Gasteiger partial charge is 0.236 e. The fraction of sp³-hybridized carbons (Fsp3) is 0.611. The van der Waals surface area contributed by atoms with Gasteiger partial charge in [-0.3, -0.25) is 9.69 Å². The Morgan fingerprint density at radius 2 is 2.21 bits per heavy atom. The minimum Gasteiger partial charge on any atom is -0.489 e. The monoisotopic (exact) mass is 338 g/mol. The van der Waals surface area contributed by atoms with Gasteiger partial charge in [-0.15, -0.1) is 0 Å². The number of benzene rings is 1. The van der Waals surface area contributed by atoms with E-state index in [1.807, 2.05) is 0 Å². The highest BCUT2D eigenvalue weighted by Crippen LogP contribution is 2.28. The van der Waals surface area contributed by atoms with E-state index in [1.165, 1.54) is 6.07 Å². The van der Waals surface area contributed by atoms with E-state index in [0.29, 0.717) is 13.1 Å². The molecule has 1 N–H and O–H groups in total. The van der Waals surface area contributed by atoms with Crippen molar-refractivity contribution in [3.8, 4) is 5.75 Å². The van der Waals surface area contributed by atoms with Gasteiger partial charge >= 0.3 is 0 Å².